The molecule has 1 fully saturated rings. The van der Waals surface area contributed by atoms with Crippen molar-refractivity contribution in [2.45, 2.75) is 32.4 Å². The fraction of sp³-hybridized carbons (Fsp3) is 0.500. The molecule has 2 amide bonds. The Morgan fingerprint density at radius 2 is 2.03 bits per heavy atom. The molecule has 0 atom stereocenters. The van der Waals surface area contributed by atoms with Crippen molar-refractivity contribution in [3.8, 4) is 0 Å². The maximum absolute atomic E-state index is 12.8. The first-order valence-corrected chi connectivity index (χ1v) is 10.8. The van der Waals surface area contributed by atoms with Crippen LogP contribution in [-0.4, -0.2) is 57.3 Å². The number of nitrogens with zero attached hydrogens (tertiary/aromatic N) is 4. The van der Waals surface area contributed by atoms with Gasteiger partial charge in [-0.2, -0.15) is 0 Å². The topological polar surface area (TPSA) is 87.5 Å². The molecule has 0 radical (unpaired) electrons. The van der Waals surface area contributed by atoms with E-state index < -0.39 is 0 Å². The number of aryl methyl sites for hydroxylation is 1. The summed E-state index contributed by atoms with van der Waals surface area (Å²) in [4.78, 5) is 47.2. The van der Waals surface area contributed by atoms with Gasteiger partial charge >= 0.3 is 0 Å². The van der Waals surface area contributed by atoms with E-state index in [4.69, 9.17) is 0 Å². The van der Waals surface area contributed by atoms with Crippen LogP contribution in [0.1, 0.15) is 39.2 Å². The number of pyridine rings is 1. The molecule has 154 valence electrons. The molecular weight excluding hydrogens is 390 g/mol. The van der Waals surface area contributed by atoms with Gasteiger partial charge in [-0.05, 0) is 43.5 Å². The van der Waals surface area contributed by atoms with Gasteiger partial charge in [0.1, 0.15) is 5.56 Å². The fourth-order valence-corrected chi connectivity index (χ4v) is 4.59. The molecular formula is C20H25N5O3S. The summed E-state index contributed by atoms with van der Waals surface area (Å²) in [6, 6.07) is 0. The van der Waals surface area contributed by atoms with Gasteiger partial charge in [0.25, 0.3) is 11.5 Å². The molecule has 9 heteroatoms. The number of hydrogen-bond donors (Lipinski definition) is 1. The first kappa shape index (κ1) is 19.8. The Morgan fingerprint density at radius 3 is 2.76 bits per heavy atom. The van der Waals surface area contributed by atoms with E-state index in [1.54, 1.807) is 25.0 Å². The summed E-state index contributed by atoms with van der Waals surface area (Å²) in [7, 11) is 1.65. The maximum atomic E-state index is 12.8. The molecule has 29 heavy (non-hydrogen) atoms. The highest BCUT2D eigenvalue weighted by Gasteiger charge is 2.28. The van der Waals surface area contributed by atoms with Gasteiger partial charge in [-0.3, -0.25) is 24.3 Å². The Morgan fingerprint density at radius 1 is 1.24 bits per heavy atom. The van der Waals surface area contributed by atoms with Gasteiger partial charge in [-0.15, -0.1) is 11.3 Å². The molecule has 1 saturated heterocycles. The van der Waals surface area contributed by atoms with Gasteiger partial charge in [-0.1, -0.05) is 0 Å². The Bertz CT molecular complexity index is 963. The van der Waals surface area contributed by atoms with E-state index in [9.17, 15) is 14.4 Å². The summed E-state index contributed by atoms with van der Waals surface area (Å²) in [6.45, 7) is 3.72. The number of rotatable bonds is 5. The highest BCUT2D eigenvalue weighted by molar-refractivity contribution is 7.09. The number of likely N-dealkylation sites (tertiary alicyclic amines) is 1. The maximum Gasteiger partial charge on any atom is 0.263 e. The van der Waals surface area contributed by atoms with Crippen LogP contribution in [0.3, 0.4) is 0 Å². The zero-order valence-electron chi connectivity index (χ0n) is 16.5. The predicted octanol–water partition coefficient (Wildman–Crippen LogP) is 0.752. The number of thiazole rings is 1. The third-order valence-electron chi connectivity index (χ3n) is 5.61. The van der Waals surface area contributed by atoms with E-state index in [1.165, 1.54) is 15.9 Å². The lowest BCUT2D eigenvalue weighted by Crippen LogP contribution is -2.44. The minimum atomic E-state index is -0.368. The van der Waals surface area contributed by atoms with Crippen LogP contribution in [0.4, 0.5) is 0 Å². The van der Waals surface area contributed by atoms with Crippen molar-refractivity contribution in [2.24, 2.45) is 7.05 Å². The van der Waals surface area contributed by atoms with Crippen molar-refractivity contribution in [3.05, 3.63) is 49.8 Å². The number of hydrogen-bond acceptors (Lipinski definition) is 6. The van der Waals surface area contributed by atoms with Crippen LogP contribution in [0.15, 0.2) is 22.7 Å². The third kappa shape index (κ3) is 4.25. The van der Waals surface area contributed by atoms with Crippen molar-refractivity contribution in [1.29, 1.82) is 0 Å². The molecule has 4 rings (SSSR count). The average Bonchev–Trinajstić information content (AvgIpc) is 3.41. The summed E-state index contributed by atoms with van der Waals surface area (Å²) < 4.78 is 1.44. The van der Waals surface area contributed by atoms with Crippen LogP contribution in [0, 0.1) is 0 Å². The zero-order chi connectivity index (χ0) is 20.4. The largest absolute Gasteiger partial charge is 0.347 e. The molecule has 2 aromatic heterocycles. The fourth-order valence-electron chi connectivity index (χ4n) is 4.05. The number of nitrogens with one attached hydrogen (secondary N) is 1. The van der Waals surface area contributed by atoms with E-state index in [-0.39, 0.29) is 22.9 Å². The molecule has 0 saturated carbocycles. The van der Waals surface area contributed by atoms with Crippen molar-refractivity contribution in [2.75, 3.05) is 26.2 Å². The van der Waals surface area contributed by atoms with Gasteiger partial charge < -0.3 is 14.8 Å². The third-order valence-corrected chi connectivity index (χ3v) is 6.39. The quantitative estimate of drug-likeness (QED) is 0.779. The molecule has 0 bridgehead atoms. The zero-order valence-corrected chi connectivity index (χ0v) is 17.3. The number of fused-ring (bicyclic) bond motifs is 1. The molecule has 0 spiro atoms. The van der Waals surface area contributed by atoms with Gasteiger partial charge in [-0.25, -0.2) is 0 Å². The normalized spacial score (nSPS) is 16.7. The molecule has 2 aliphatic rings. The second-order valence-electron chi connectivity index (χ2n) is 7.62. The van der Waals surface area contributed by atoms with E-state index in [0.29, 0.717) is 32.6 Å². The number of aromatic nitrogens is 2. The van der Waals surface area contributed by atoms with Crippen molar-refractivity contribution >= 4 is 23.2 Å². The predicted molar refractivity (Wildman–Crippen MR) is 110 cm³/mol. The smallest absolute Gasteiger partial charge is 0.263 e. The lowest BCUT2D eigenvalue weighted by molar-refractivity contribution is -0.133. The monoisotopic (exact) mass is 415 g/mol. The molecule has 0 aromatic carbocycles. The van der Waals surface area contributed by atoms with Gasteiger partial charge in [0.15, 0.2) is 0 Å². The van der Waals surface area contributed by atoms with E-state index >= 15 is 0 Å². The minimum Gasteiger partial charge on any atom is -0.347 e. The summed E-state index contributed by atoms with van der Waals surface area (Å²) >= 11 is 1.46. The number of carbonyl (C=O) groups excluding carboxylic acids is 2. The second-order valence-corrected chi connectivity index (χ2v) is 8.59. The minimum absolute atomic E-state index is 0.114. The summed E-state index contributed by atoms with van der Waals surface area (Å²) in [6.07, 6.45) is 6.28. The van der Waals surface area contributed by atoms with Crippen molar-refractivity contribution < 1.29 is 9.59 Å². The summed E-state index contributed by atoms with van der Waals surface area (Å²) in [5.74, 6) is -0.254. The van der Waals surface area contributed by atoms with E-state index in [2.05, 4.69) is 15.2 Å². The first-order chi connectivity index (χ1) is 14.0. The van der Waals surface area contributed by atoms with E-state index in [1.807, 2.05) is 4.90 Å². The van der Waals surface area contributed by atoms with Crippen LogP contribution in [0.5, 0.6) is 0 Å². The number of carbonyl (C=O) groups is 2. The lowest BCUT2D eigenvalue weighted by Gasteiger charge is -2.31. The van der Waals surface area contributed by atoms with Crippen LogP contribution in [0.25, 0.3) is 0 Å². The van der Waals surface area contributed by atoms with Crippen LogP contribution in [-0.2, 0) is 31.4 Å². The average molecular weight is 416 g/mol. The van der Waals surface area contributed by atoms with Gasteiger partial charge in [0.2, 0.25) is 5.91 Å². The van der Waals surface area contributed by atoms with Gasteiger partial charge in [0, 0.05) is 37.4 Å². The first-order valence-electron chi connectivity index (χ1n) is 9.90. The molecule has 4 heterocycles. The SMILES string of the molecule is Cn1cc2c(c(C(=O)NCc3cncs3)c1=O)CCN(C(=O)CN1CCCC1)C2. The van der Waals surface area contributed by atoms with Crippen molar-refractivity contribution in [3.63, 3.8) is 0 Å². The Labute approximate surface area is 173 Å². The van der Waals surface area contributed by atoms with E-state index in [0.717, 1.165) is 41.9 Å². The second kappa shape index (κ2) is 8.46. The van der Waals surface area contributed by atoms with Crippen LogP contribution >= 0.6 is 11.3 Å². The Kier molecular flexibility index (Phi) is 5.77. The number of amides is 2. The summed E-state index contributed by atoms with van der Waals surface area (Å²) in [5, 5.41) is 2.83. The molecule has 8 nitrogen and oxygen atoms in total. The molecule has 0 unspecified atom stereocenters. The molecule has 2 aliphatic heterocycles. The standard InChI is InChI=1S/C20H25N5O3S/c1-23-10-14-11-25(17(26)12-24-5-2-3-6-24)7-4-16(14)18(20(23)28)19(27)22-9-15-8-21-13-29-15/h8,10,13H,2-7,9,11-12H2,1H3,(H,22,27). The molecule has 0 aliphatic carbocycles. The highest BCUT2D eigenvalue weighted by Crippen LogP contribution is 2.21. The summed E-state index contributed by atoms with van der Waals surface area (Å²) in [5.41, 5.74) is 3.23. The lowest BCUT2D eigenvalue weighted by atomic mass is 9.96. The van der Waals surface area contributed by atoms with Crippen LogP contribution in [0.2, 0.25) is 0 Å². The van der Waals surface area contributed by atoms with Crippen molar-refractivity contribution in [1.82, 2.24) is 24.7 Å². The molecule has 2 aromatic rings. The van der Waals surface area contributed by atoms with Crippen LogP contribution < -0.4 is 10.9 Å². The Balaban J connectivity index is 1.51. The molecule has 1 N–H and O–H groups in total. The van der Waals surface area contributed by atoms with Gasteiger partial charge in [0.05, 0.1) is 18.6 Å². The Hall–Kier alpha value is -2.52. The highest BCUT2D eigenvalue weighted by atomic mass is 32.1.